The van der Waals surface area contributed by atoms with Gasteiger partial charge in [-0.3, -0.25) is 4.90 Å². The van der Waals surface area contributed by atoms with Crippen molar-refractivity contribution in [2.75, 3.05) is 59.7 Å². The Morgan fingerprint density at radius 3 is 2.42 bits per heavy atom. The van der Waals surface area contributed by atoms with Crippen molar-refractivity contribution in [2.24, 2.45) is 0 Å². The van der Waals surface area contributed by atoms with E-state index in [1.165, 1.54) is 26.2 Å². The SMILES string of the molecule is CN1CCN([C@H]2COC[C@@H]2NC2CCOCC2)CC1. The predicted molar refractivity (Wildman–Crippen MR) is 74.4 cm³/mol. The average molecular weight is 269 g/mol. The van der Waals surface area contributed by atoms with Crippen LogP contribution < -0.4 is 5.32 Å². The van der Waals surface area contributed by atoms with Gasteiger partial charge in [0, 0.05) is 51.5 Å². The Balaban J connectivity index is 1.52. The third kappa shape index (κ3) is 3.47. The molecule has 5 heteroatoms. The van der Waals surface area contributed by atoms with E-state index in [-0.39, 0.29) is 0 Å². The molecule has 0 aromatic carbocycles. The normalized spacial score (nSPS) is 35.8. The van der Waals surface area contributed by atoms with Gasteiger partial charge >= 0.3 is 0 Å². The molecule has 1 N–H and O–H groups in total. The lowest BCUT2D eigenvalue weighted by atomic mass is 10.0. The van der Waals surface area contributed by atoms with Crippen molar-refractivity contribution in [1.29, 1.82) is 0 Å². The summed E-state index contributed by atoms with van der Waals surface area (Å²) in [4.78, 5) is 5.03. The largest absolute Gasteiger partial charge is 0.381 e. The quantitative estimate of drug-likeness (QED) is 0.766. The Hall–Kier alpha value is -0.200. The highest BCUT2D eigenvalue weighted by molar-refractivity contribution is 4.92. The van der Waals surface area contributed by atoms with Gasteiger partial charge < -0.3 is 19.7 Å². The van der Waals surface area contributed by atoms with Gasteiger partial charge in [0.1, 0.15) is 0 Å². The van der Waals surface area contributed by atoms with E-state index >= 15 is 0 Å². The minimum atomic E-state index is 0.506. The van der Waals surface area contributed by atoms with Gasteiger partial charge in [0.25, 0.3) is 0 Å². The number of piperazine rings is 1. The van der Waals surface area contributed by atoms with Gasteiger partial charge in [-0.2, -0.15) is 0 Å². The van der Waals surface area contributed by atoms with Gasteiger partial charge in [-0.05, 0) is 19.9 Å². The smallest absolute Gasteiger partial charge is 0.0638 e. The second-order valence-corrected chi connectivity index (χ2v) is 6.10. The molecule has 0 aromatic rings. The molecule has 0 saturated carbocycles. The summed E-state index contributed by atoms with van der Waals surface area (Å²) in [5.74, 6) is 0. The van der Waals surface area contributed by atoms with Crippen LogP contribution in [0.4, 0.5) is 0 Å². The lowest BCUT2D eigenvalue weighted by Gasteiger charge is -2.39. The predicted octanol–water partition coefficient (Wildman–Crippen LogP) is -0.230. The molecular formula is C14H27N3O2. The lowest BCUT2D eigenvalue weighted by Crippen LogP contribution is -2.57. The molecular weight excluding hydrogens is 242 g/mol. The molecule has 0 unspecified atom stereocenters. The standard InChI is InChI=1S/C14H27N3O2/c1-16-4-6-17(7-5-16)14-11-19-10-13(14)15-12-2-8-18-9-3-12/h12-15H,2-11H2,1H3/t13-,14-/m0/s1. The van der Waals surface area contributed by atoms with E-state index in [2.05, 4.69) is 22.2 Å². The molecule has 3 fully saturated rings. The van der Waals surface area contributed by atoms with Crippen LogP contribution in [0, 0.1) is 0 Å². The Bertz CT molecular complexity index is 276. The van der Waals surface area contributed by atoms with Crippen molar-refractivity contribution >= 4 is 0 Å². The number of nitrogens with zero attached hydrogens (tertiary/aromatic N) is 2. The van der Waals surface area contributed by atoms with Crippen molar-refractivity contribution in [3.05, 3.63) is 0 Å². The molecule has 3 rings (SSSR count). The second-order valence-electron chi connectivity index (χ2n) is 6.10. The summed E-state index contributed by atoms with van der Waals surface area (Å²) >= 11 is 0. The van der Waals surface area contributed by atoms with Gasteiger partial charge in [0.05, 0.1) is 19.3 Å². The second kappa shape index (κ2) is 6.50. The van der Waals surface area contributed by atoms with Crippen molar-refractivity contribution in [3.63, 3.8) is 0 Å². The molecule has 19 heavy (non-hydrogen) atoms. The monoisotopic (exact) mass is 269 g/mol. The van der Waals surface area contributed by atoms with Crippen LogP contribution in [-0.4, -0.2) is 87.6 Å². The van der Waals surface area contributed by atoms with Gasteiger partial charge in [-0.1, -0.05) is 0 Å². The summed E-state index contributed by atoms with van der Waals surface area (Å²) < 4.78 is 11.2. The zero-order valence-corrected chi connectivity index (χ0v) is 12.0. The summed E-state index contributed by atoms with van der Waals surface area (Å²) in [6.45, 7) is 8.29. The first-order chi connectivity index (χ1) is 9.33. The van der Waals surface area contributed by atoms with Gasteiger partial charge in [-0.15, -0.1) is 0 Å². The number of likely N-dealkylation sites (N-methyl/N-ethyl adjacent to an activating group) is 1. The van der Waals surface area contributed by atoms with Gasteiger partial charge in [-0.25, -0.2) is 0 Å². The molecule has 110 valence electrons. The fourth-order valence-electron chi connectivity index (χ4n) is 3.38. The third-order valence-corrected chi connectivity index (χ3v) is 4.73. The molecule has 0 aliphatic carbocycles. The highest BCUT2D eigenvalue weighted by Gasteiger charge is 2.35. The molecule has 0 aromatic heterocycles. The van der Waals surface area contributed by atoms with E-state index in [0.29, 0.717) is 18.1 Å². The summed E-state index contributed by atoms with van der Waals surface area (Å²) in [6, 6.07) is 1.69. The topological polar surface area (TPSA) is 37.0 Å². The van der Waals surface area contributed by atoms with Gasteiger partial charge in [0.2, 0.25) is 0 Å². The average Bonchev–Trinajstić information content (AvgIpc) is 2.89. The highest BCUT2D eigenvalue weighted by atomic mass is 16.5. The highest BCUT2D eigenvalue weighted by Crippen LogP contribution is 2.18. The number of hydrogen-bond donors (Lipinski definition) is 1. The van der Waals surface area contributed by atoms with E-state index in [1.54, 1.807) is 0 Å². The van der Waals surface area contributed by atoms with Crippen LogP contribution >= 0.6 is 0 Å². The molecule has 3 heterocycles. The fraction of sp³-hybridized carbons (Fsp3) is 1.00. The first kappa shape index (κ1) is 13.8. The zero-order valence-electron chi connectivity index (χ0n) is 12.0. The Kier molecular flexibility index (Phi) is 4.71. The van der Waals surface area contributed by atoms with Crippen molar-refractivity contribution in [2.45, 2.75) is 31.0 Å². The summed E-state index contributed by atoms with van der Waals surface area (Å²) in [6.07, 6.45) is 2.29. The molecule has 0 spiro atoms. The molecule has 0 amide bonds. The van der Waals surface area contributed by atoms with Crippen LogP contribution in [0.3, 0.4) is 0 Å². The van der Waals surface area contributed by atoms with E-state index < -0.39 is 0 Å². The zero-order chi connectivity index (χ0) is 13.1. The molecule has 3 saturated heterocycles. The first-order valence-corrected chi connectivity index (χ1v) is 7.67. The summed E-state index contributed by atoms with van der Waals surface area (Å²) in [7, 11) is 2.21. The minimum Gasteiger partial charge on any atom is -0.381 e. The molecule has 3 aliphatic heterocycles. The van der Waals surface area contributed by atoms with Crippen molar-refractivity contribution in [3.8, 4) is 0 Å². The fourth-order valence-corrected chi connectivity index (χ4v) is 3.38. The molecule has 0 radical (unpaired) electrons. The van der Waals surface area contributed by atoms with Gasteiger partial charge in [0.15, 0.2) is 0 Å². The van der Waals surface area contributed by atoms with Crippen LogP contribution in [0.5, 0.6) is 0 Å². The lowest BCUT2D eigenvalue weighted by molar-refractivity contribution is 0.0653. The number of hydrogen-bond acceptors (Lipinski definition) is 5. The number of ether oxygens (including phenoxy) is 2. The Morgan fingerprint density at radius 1 is 0.947 bits per heavy atom. The van der Waals surface area contributed by atoms with E-state index in [0.717, 1.165) is 39.3 Å². The number of rotatable bonds is 3. The molecule has 2 atom stereocenters. The summed E-state index contributed by atoms with van der Waals surface area (Å²) in [5.41, 5.74) is 0. The molecule has 3 aliphatic rings. The van der Waals surface area contributed by atoms with Crippen LogP contribution in [0.2, 0.25) is 0 Å². The third-order valence-electron chi connectivity index (χ3n) is 4.73. The van der Waals surface area contributed by atoms with E-state index in [4.69, 9.17) is 9.47 Å². The maximum absolute atomic E-state index is 5.74. The van der Waals surface area contributed by atoms with Crippen LogP contribution in [0.1, 0.15) is 12.8 Å². The number of nitrogens with one attached hydrogen (secondary N) is 1. The van der Waals surface area contributed by atoms with Crippen LogP contribution in [0.25, 0.3) is 0 Å². The first-order valence-electron chi connectivity index (χ1n) is 7.67. The Morgan fingerprint density at radius 2 is 1.68 bits per heavy atom. The maximum Gasteiger partial charge on any atom is 0.0638 e. The maximum atomic E-state index is 5.74. The Labute approximate surface area is 116 Å². The van der Waals surface area contributed by atoms with Crippen LogP contribution in [0.15, 0.2) is 0 Å². The van der Waals surface area contributed by atoms with Crippen molar-refractivity contribution < 1.29 is 9.47 Å². The van der Waals surface area contributed by atoms with E-state index in [9.17, 15) is 0 Å². The minimum absolute atomic E-state index is 0.506. The van der Waals surface area contributed by atoms with E-state index in [1.807, 2.05) is 0 Å². The molecule has 5 nitrogen and oxygen atoms in total. The summed E-state index contributed by atoms with van der Waals surface area (Å²) in [5, 5.41) is 3.82. The van der Waals surface area contributed by atoms with Crippen LogP contribution in [-0.2, 0) is 9.47 Å². The molecule has 0 bridgehead atoms. The van der Waals surface area contributed by atoms with Crippen molar-refractivity contribution in [1.82, 2.24) is 15.1 Å².